The van der Waals surface area contributed by atoms with Crippen LogP contribution in [0.3, 0.4) is 0 Å². The van der Waals surface area contributed by atoms with Crippen molar-refractivity contribution in [1.29, 1.82) is 0 Å². The third-order valence-corrected chi connectivity index (χ3v) is 4.55. The highest BCUT2D eigenvalue weighted by Crippen LogP contribution is 2.27. The lowest BCUT2D eigenvalue weighted by Gasteiger charge is -2.11. The second kappa shape index (κ2) is 10.7. The summed E-state index contributed by atoms with van der Waals surface area (Å²) in [6.07, 6.45) is 12.4. The third-order valence-electron chi connectivity index (χ3n) is 3.48. The van der Waals surface area contributed by atoms with Gasteiger partial charge in [0.25, 0.3) is 0 Å². The Balaban J connectivity index is 2.15. The molecule has 0 spiro atoms. The summed E-state index contributed by atoms with van der Waals surface area (Å²) in [5.74, 6) is 0. The molecule has 0 amide bonds. The Labute approximate surface area is 139 Å². The van der Waals surface area contributed by atoms with E-state index in [-0.39, 0.29) is 0 Å². The molecule has 0 aliphatic heterocycles. The molecule has 0 aliphatic rings. The molecule has 0 saturated heterocycles. The molecular formula is C16H25Br2NO. The number of aliphatic hydroxyl groups excluding tert-OH is 1. The molecular weight excluding hydrogens is 382 g/mol. The van der Waals surface area contributed by atoms with Crippen LogP contribution in [0.15, 0.2) is 21.2 Å². The van der Waals surface area contributed by atoms with Gasteiger partial charge in [0.2, 0.25) is 0 Å². The number of unbranched alkanes of at least 4 members (excludes halogenated alkanes) is 7. The molecule has 114 valence electrons. The van der Waals surface area contributed by atoms with Gasteiger partial charge in [-0.1, -0.05) is 58.3 Å². The van der Waals surface area contributed by atoms with Crippen LogP contribution in [0, 0.1) is 0 Å². The van der Waals surface area contributed by atoms with Crippen molar-refractivity contribution in [2.45, 2.75) is 70.8 Å². The molecule has 0 bridgehead atoms. The molecule has 1 atom stereocenters. The highest BCUT2D eigenvalue weighted by Gasteiger charge is 2.12. The lowest BCUT2D eigenvalue weighted by atomic mass is 10.0. The van der Waals surface area contributed by atoms with Crippen LogP contribution in [0.4, 0.5) is 0 Å². The van der Waals surface area contributed by atoms with Crippen LogP contribution >= 0.6 is 31.9 Å². The zero-order valence-electron chi connectivity index (χ0n) is 12.2. The average molecular weight is 407 g/mol. The van der Waals surface area contributed by atoms with Crippen molar-refractivity contribution in [2.75, 3.05) is 0 Å². The molecule has 0 aromatic carbocycles. The number of halogens is 2. The SMILES string of the molecule is CCCCCCCCCCC(O)c1ncc(Br)cc1Br. The molecule has 20 heavy (non-hydrogen) atoms. The van der Waals surface area contributed by atoms with Crippen LogP contribution in [0.25, 0.3) is 0 Å². The first kappa shape index (κ1) is 18.1. The summed E-state index contributed by atoms with van der Waals surface area (Å²) in [4.78, 5) is 4.28. The van der Waals surface area contributed by atoms with Crippen LogP contribution in [-0.4, -0.2) is 10.1 Å². The van der Waals surface area contributed by atoms with Gasteiger partial charge in [-0.25, -0.2) is 0 Å². The molecule has 0 fully saturated rings. The molecule has 1 heterocycles. The molecule has 0 saturated carbocycles. The summed E-state index contributed by atoms with van der Waals surface area (Å²) in [5.41, 5.74) is 0.746. The molecule has 4 heteroatoms. The van der Waals surface area contributed by atoms with E-state index in [0.717, 1.165) is 27.5 Å². The fraction of sp³-hybridized carbons (Fsp3) is 0.688. The lowest BCUT2D eigenvalue weighted by Crippen LogP contribution is -2.01. The average Bonchev–Trinajstić information content (AvgIpc) is 2.41. The second-order valence-corrected chi connectivity index (χ2v) is 7.07. The summed E-state index contributed by atoms with van der Waals surface area (Å²) < 4.78 is 1.80. The van der Waals surface area contributed by atoms with Gasteiger partial charge in [0.1, 0.15) is 0 Å². The molecule has 1 aromatic rings. The quantitative estimate of drug-likeness (QED) is 0.471. The number of pyridine rings is 1. The van der Waals surface area contributed by atoms with Crippen LogP contribution in [0.1, 0.15) is 76.5 Å². The maximum Gasteiger partial charge on any atom is 0.0971 e. The standard InChI is InChI=1S/C16H25Br2NO/c1-2-3-4-5-6-7-8-9-10-15(20)16-14(18)11-13(17)12-19-16/h11-12,15,20H,2-10H2,1H3. The zero-order valence-corrected chi connectivity index (χ0v) is 15.4. The van der Waals surface area contributed by atoms with Crippen LogP contribution < -0.4 is 0 Å². The number of nitrogens with zero attached hydrogens (tertiary/aromatic N) is 1. The van der Waals surface area contributed by atoms with Crippen LogP contribution in [-0.2, 0) is 0 Å². The summed E-state index contributed by atoms with van der Waals surface area (Å²) in [7, 11) is 0. The van der Waals surface area contributed by atoms with E-state index in [0.29, 0.717) is 0 Å². The van der Waals surface area contributed by atoms with Gasteiger partial charge in [0.05, 0.1) is 11.8 Å². The molecule has 0 aliphatic carbocycles. The second-order valence-electron chi connectivity index (χ2n) is 5.30. The summed E-state index contributed by atoms with van der Waals surface area (Å²) in [6, 6.07) is 1.93. The Morgan fingerprint density at radius 1 is 1.05 bits per heavy atom. The Bertz CT molecular complexity index is 385. The lowest BCUT2D eigenvalue weighted by molar-refractivity contribution is 0.158. The predicted octanol–water partition coefficient (Wildman–Crippen LogP) is 6.17. The maximum absolute atomic E-state index is 10.2. The normalized spacial score (nSPS) is 12.6. The fourth-order valence-corrected chi connectivity index (χ4v) is 3.53. The molecule has 1 unspecified atom stereocenters. The van der Waals surface area contributed by atoms with E-state index in [1.165, 1.54) is 44.9 Å². The van der Waals surface area contributed by atoms with E-state index < -0.39 is 6.10 Å². The largest absolute Gasteiger partial charge is 0.387 e. The van der Waals surface area contributed by atoms with Gasteiger partial charge < -0.3 is 5.11 Å². The van der Waals surface area contributed by atoms with Gasteiger partial charge in [-0.15, -0.1) is 0 Å². The van der Waals surface area contributed by atoms with E-state index >= 15 is 0 Å². The minimum Gasteiger partial charge on any atom is -0.387 e. The van der Waals surface area contributed by atoms with Crippen molar-refractivity contribution in [3.05, 3.63) is 26.9 Å². The Hall–Kier alpha value is 0.0700. The van der Waals surface area contributed by atoms with E-state index in [2.05, 4.69) is 43.8 Å². The highest BCUT2D eigenvalue weighted by molar-refractivity contribution is 9.11. The molecule has 1 N–H and O–H groups in total. The van der Waals surface area contributed by atoms with Gasteiger partial charge >= 0.3 is 0 Å². The van der Waals surface area contributed by atoms with Gasteiger partial charge in [-0.2, -0.15) is 0 Å². The van der Waals surface area contributed by atoms with Crippen molar-refractivity contribution in [3.8, 4) is 0 Å². The van der Waals surface area contributed by atoms with E-state index in [4.69, 9.17) is 0 Å². The maximum atomic E-state index is 10.2. The van der Waals surface area contributed by atoms with Crippen molar-refractivity contribution >= 4 is 31.9 Å². The van der Waals surface area contributed by atoms with Gasteiger partial charge in [0, 0.05) is 15.1 Å². The zero-order chi connectivity index (χ0) is 14.8. The Morgan fingerprint density at radius 2 is 1.65 bits per heavy atom. The third kappa shape index (κ3) is 7.19. The van der Waals surface area contributed by atoms with Crippen LogP contribution in [0.2, 0.25) is 0 Å². The monoisotopic (exact) mass is 405 g/mol. The first-order valence-corrected chi connectivity index (χ1v) is 9.22. The van der Waals surface area contributed by atoms with Crippen molar-refractivity contribution in [3.63, 3.8) is 0 Å². The fourth-order valence-electron chi connectivity index (χ4n) is 2.28. The van der Waals surface area contributed by atoms with Gasteiger partial charge in [0.15, 0.2) is 0 Å². The molecule has 1 aromatic heterocycles. The van der Waals surface area contributed by atoms with E-state index in [9.17, 15) is 5.11 Å². The number of aliphatic hydroxyl groups is 1. The van der Waals surface area contributed by atoms with E-state index in [1.54, 1.807) is 6.20 Å². The number of aromatic nitrogens is 1. The summed E-state index contributed by atoms with van der Waals surface area (Å²) in [5, 5.41) is 10.2. The number of rotatable bonds is 10. The van der Waals surface area contributed by atoms with Crippen molar-refractivity contribution < 1.29 is 5.11 Å². The topological polar surface area (TPSA) is 33.1 Å². The summed E-state index contributed by atoms with van der Waals surface area (Å²) in [6.45, 7) is 2.25. The van der Waals surface area contributed by atoms with Crippen molar-refractivity contribution in [2.24, 2.45) is 0 Å². The minimum atomic E-state index is -0.461. The molecule has 1 rings (SSSR count). The van der Waals surface area contributed by atoms with Crippen LogP contribution in [0.5, 0.6) is 0 Å². The van der Waals surface area contributed by atoms with Crippen molar-refractivity contribution in [1.82, 2.24) is 4.98 Å². The summed E-state index contributed by atoms with van der Waals surface area (Å²) >= 11 is 6.82. The minimum absolute atomic E-state index is 0.461. The smallest absolute Gasteiger partial charge is 0.0971 e. The number of hydrogen-bond donors (Lipinski definition) is 1. The molecule has 2 nitrogen and oxygen atoms in total. The number of hydrogen-bond acceptors (Lipinski definition) is 2. The molecule has 0 radical (unpaired) electrons. The Morgan fingerprint density at radius 3 is 2.25 bits per heavy atom. The first-order valence-electron chi connectivity index (χ1n) is 7.64. The predicted molar refractivity (Wildman–Crippen MR) is 91.8 cm³/mol. The van der Waals surface area contributed by atoms with Gasteiger partial charge in [-0.05, 0) is 44.3 Å². The van der Waals surface area contributed by atoms with E-state index in [1.807, 2.05) is 6.07 Å². The van der Waals surface area contributed by atoms with Gasteiger partial charge in [-0.3, -0.25) is 4.98 Å². The first-order chi connectivity index (χ1) is 9.65. The Kier molecular flexibility index (Phi) is 9.74. The highest BCUT2D eigenvalue weighted by atomic mass is 79.9.